The highest BCUT2D eigenvalue weighted by Crippen LogP contribution is 2.30. The van der Waals surface area contributed by atoms with Gasteiger partial charge in [-0.15, -0.1) is 0 Å². The van der Waals surface area contributed by atoms with E-state index >= 15 is 0 Å². The summed E-state index contributed by atoms with van der Waals surface area (Å²) in [5.74, 6) is 0.302. The van der Waals surface area contributed by atoms with Crippen molar-refractivity contribution in [3.05, 3.63) is 64.3 Å². The molecule has 24 heavy (non-hydrogen) atoms. The molecule has 5 heteroatoms. The average Bonchev–Trinajstić information content (AvgIpc) is 2.92. The number of aryl methyl sites for hydroxylation is 2. The second-order valence-electron chi connectivity index (χ2n) is 5.77. The Morgan fingerprint density at radius 1 is 1.25 bits per heavy atom. The largest absolute Gasteiger partial charge is 0.482 e. The fraction of sp³-hybridized carbons (Fsp3) is 0.211. The Morgan fingerprint density at radius 2 is 2.00 bits per heavy atom. The first-order valence-electron chi connectivity index (χ1n) is 7.64. The Balaban J connectivity index is 1.86. The molecule has 2 aromatic carbocycles. The van der Waals surface area contributed by atoms with Crippen LogP contribution in [-0.2, 0) is 6.61 Å². The van der Waals surface area contributed by atoms with Crippen molar-refractivity contribution in [3.63, 3.8) is 0 Å². The summed E-state index contributed by atoms with van der Waals surface area (Å²) in [5, 5.41) is 10.8. The van der Waals surface area contributed by atoms with Crippen LogP contribution in [0.1, 0.15) is 21.5 Å². The maximum Gasteiger partial charge on any atom is 0.268 e. The summed E-state index contributed by atoms with van der Waals surface area (Å²) in [6, 6.07) is 11.2. The van der Waals surface area contributed by atoms with E-state index in [4.69, 9.17) is 16.3 Å². The Bertz CT molecular complexity index is 891. The third-order valence-corrected chi connectivity index (χ3v) is 4.23. The van der Waals surface area contributed by atoms with Crippen molar-refractivity contribution in [1.82, 2.24) is 4.57 Å². The minimum atomic E-state index is -0.220. The van der Waals surface area contributed by atoms with Gasteiger partial charge in [0.05, 0.1) is 17.1 Å². The van der Waals surface area contributed by atoms with Crippen LogP contribution in [0, 0.1) is 13.8 Å². The van der Waals surface area contributed by atoms with E-state index in [1.807, 2.05) is 50.2 Å². The molecule has 0 atom stereocenters. The third kappa shape index (κ3) is 3.03. The number of aromatic nitrogens is 1. The third-order valence-electron chi connectivity index (χ3n) is 3.95. The van der Waals surface area contributed by atoms with Gasteiger partial charge in [-0.25, -0.2) is 0 Å². The van der Waals surface area contributed by atoms with Gasteiger partial charge >= 0.3 is 0 Å². The van der Waals surface area contributed by atoms with Gasteiger partial charge in [-0.1, -0.05) is 35.9 Å². The fourth-order valence-electron chi connectivity index (χ4n) is 2.87. The van der Waals surface area contributed by atoms with Gasteiger partial charge in [0.2, 0.25) is 0 Å². The molecule has 0 saturated carbocycles. The number of benzene rings is 2. The molecule has 3 aromatic rings. The molecule has 124 valence electrons. The number of nitrogens with zero attached hydrogens (tertiary/aromatic N) is 1. The highest BCUT2D eigenvalue weighted by molar-refractivity contribution is 6.32. The molecule has 0 aliphatic rings. The molecular formula is C19H18ClNO3. The number of para-hydroxylation sites is 1. The van der Waals surface area contributed by atoms with Crippen molar-refractivity contribution >= 4 is 28.4 Å². The molecule has 1 heterocycles. The number of fused-ring (bicyclic) bond motifs is 1. The number of carbonyl (C=O) groups is 1. The summed E-state index contributed by atoms with van der Waals surface area (Å²) >= 11 is 6.21. The van der Waals surface area contributed by atoms with Crippen molar-refractivity contribution in [2.75, 3.05) is 6.61 Å². The monoisotopic (exact) mass is 343 g/mol. The summed E-state index contributed by atoms with van der Waals surface area (Å²) in [6.45, 7) is 3.60. The van der Waals surface area contributed by atoms with Gasteiger partial charge in [0.15, 0.2) is 6.61 Å². The lowest BCUT2D eigenvalue weighted by atomic mass is 10.1. The lowest BCUT2D eigenvalue weighted by Crippen LogP contribution is -2.19. The van der Waals surface area contributed by atoms with Crippen LogP contribution < -0.4 is 4.74 Å². The van der Waals surface area contributed by atoms with E-state index in [-0.39, 0.29) is 19.1 Å². The predicted molar refractivity (Wildman–Crippen MR) is 94.9 cm³/mol. The zero-order valence-corrected chi connectivity index (χ0v) is 14.3. The Kier molecular flexibility index (Phi) is 4.60. The highest BCUT2D eigenvalue weighted by Gasteiger charge is 2.15. The lowest BCUT2D eigenvalue weighted by Gasteiger charge is -2.12. The second kappa shape index (κ2) is 6.67. The molecule has 0 radical (unpaired) electrons. The van der Waals surface area contributed by atoms with Gasteiger partial charge < -0.3 is 9.84 Å². The molecule has 4 nitrogen and oxygen atoms in total. The van der Waals surface area contributed by atoms with Gasteiger partial charge in [0, 0.05) is 17.1 Å². The van der Waals surface area contributed by atoms with Gasteiger partial charge in [0.1, 0.15) is 5.75 Å². The van der Waals surface area contributed by atoms with Crippen molar-refractivity contribution in [2.45, 2.75) is 20.5 Å². The molecular weight excluding hydrogens is 326 g/mol. The number of carbonyl (C=O) groups excluding carboxylic acids is 1. The number of rotatable bonds is 4. The number of ether oxygens (including phenoxy) is 1. The molecule has 3 rings (SSSR count). The molecule has 0 spiro atoms. The number of halogens is 1. The minimum absolute atomic E-state index is 0.120. The van der Waals surface area contributed by atoms with E-state index in [1.54, 1.807) is 6.20 Å². The SMILES string of the molecule is Cc1cc(C)c(OCC(=O)n2cc(CO)c3ccccc32)c(Cl)c1. The number of hydrogen-bond donors (Lipinski definition) is 1. The van der Waals surface area contributed by atoms with Crippen LogP contribution in [0.2, 0.25) is 5.02 Å². The lowest BCUT2D eigenvalue weighted by molar-refractivity contribution is 0.0842. The molecule has 0 amide bonds. The molecule has 0 aliphatic carbocycles. The van der Waals surface area contributed by atoms with Crippen molar-refractivity contribution in [2.24, 2.45) is 0 Å². The summed E-state index contributed by atoms with van der Waals surface area (Å²) in [7, 11) is 0. The van der Waals surface area contributed by atoms with Crippen LogP contribution in [0.25, 0.3) is 10.9 Å². The summed E-state index contributed by atoms with van der Waals surface area (Å²) < 4.78 is 7.18. The number of aliphatic hydroxyl groups is 1. The molecule has 0 saturated heterocycles. The first-order chi connectivity index (χ1) is 11.5. The van der Waals surface area contributed by atoms with Crippen molar-refractivity contribution in [3.8, 4) is 5.75 Å². The van der Waals surface area contributed by atoms with Crippen LogP contribution in [-0.4, -0.2) is 22.2 Å². The highest BCUT2D eigenvalue weighted by atomic mass is 35.5. The van der Waals surface area contributed by atoms with Crippen LogP contribution in [0.15, 0.2) is 42.6 Å². The summed E-state index contributed by atoms with van der Waals surface area (Å²) in [5.41, 5.74) is 3.40. The summed E-state index contributed by atoms with van der Waals surface area (Å²) in [6.07, 6.45) is 1.65. The fourth-order valence-corrected chi connectivity index (χ4v) is 3.25. The van der Waals surface area contributed by atoms with Crippen molar-refractivity contribution < 1.29 is 14.6 Å². The van der Waals surface area contributed by atoms with E-state index in [9.17, 15) is 9.90 Å². The quantitative estimate of drug-likeness (QED) is 0.775. The predicted octanol–water partition coefficient (Wildman–Crippen LogP) is 4.12. The first-order valence-corrected chi connectivity index (χ1v) is 8.01. The molecule has 0 unspecified atom stereocenters. The average molecular weight is 344 g/mol. The normalized spacial score (nSPS) is 11.0. The Morgan fingerprint density at radius 3 is 2.71 bits per heavy atom. The first kappa shape index (κ1) is 16.6. The standard InChI is InChI=1S/C19H18ClNO3/c1-12-7-13(2)19(16(20)8-12)24-11-18(23)21-9-14(10-22)15-5-3-4-6-17(15)21/h3-9,22H,10-11H2,1-2H3. The Labute approximate surface area is 145 Å². The van der Waals surface area contributed by atoms with Crippen LogP contribution in [0.3, 0.4) is 0 Å². The molecule has 0 bridgehead atoms. The molecule has 0 aliphatic heterocycles. The maximum atomic E-state index is 12.6. The smallest absolute Gasteiger partial charge is 0.268 e. The van der Waals surface area contributed by atoms with Gasteiger partial charge in [0.25, 0.3) is 5.91 Å². The van der Waals surface area contributed by atoms with Crippen LogP contribution >= 0.6 is 11.6 Å². The zero-order valence-electron chi connectivity index (χ0n) is 13.5. The maximum absolute atomic E-state index is 12.6. The second-order valence-corrected chi connectivity index (χ2v) is 6.18. The Hall–Kier alpha value is -2.30. The number of aliphatic hydroxyl groups excluding tert-OH is 1. The van der Waals surface area contributed by atoms with E-state index in [0.29, 0.717) is 16.3 Å². The minimum Gasteiger partial charge on any atom is -0.482 e. The van der Waals surface area contributed by atoms with Crippen molar-refractivity contribution in [1.29, 1.82) is 0 Å². The van der Waals surface area contributed by atoms with Gasteiger partial charge in [-0.2, -0.15) is 0 Å². The van der Waals surface area contributed by atoms with E-state index < -0.39 is 0 Å². The van der Waals surface area contributed by atoms with E-state index in [2.05, 4.69) is 0 Å². The topological polar surface area (TPSA) is 51.5 Å². The molecule has 0 fully saturated rings. The zero-order chi connectivity index (χ0) is 17.3. The van der Waals surface area contributed by atoms with E-state index in [1.165, 1.54) is 4.57 Å². The molecule has 1 aromatic heterocycles. The number of hydrogen-bond acceptors (Lipinski definition) is 3. The summed E-state index contributed by atoms with van der Waals surface area (Å²) in [4.78, 5) is 12.6. The van der Waals surface area contributed by atoms with Crippen LogP contribution in [0.4, 0.5) is 0 Å². The van der Waals surface area contributed by atoms with E-state index in [0.717, 1.165) is 22.0 Å². The van der Waals surface area contributed by atoms with Gasteiger partial charge in [-0.05, 0) is 37.1 Å². The van der Waals surface area contributed by atoms with Gasteiger partial charge in [-0.3, -0.25) is 9.36 Å². The molecule has 1 N–H and O–H groups in total. The van der Waals surface area contributed by atoms with Crippen LogP contribution in [0.5, 0.6) is 5.75 Å².